The summed E-state index contributed by atoms with van der Waals surface area (Å²) in [5.74, 6) is -0.176. The lowest BCUT2D eigenvalue weighted by molar-refractivity contribution is -0.169. The zero-order valence-electron chi connectivity index (χ0n) is 13.5. The number of morpholine rings is 2. The van der Waals surface area contributed by atoms with Crippen molar-refractivity contribution in [3.05, 3.63) is 35.4 Å². The number of rotatable bonds is 2. The number of aryl methyl sites for hydroxylation is 1. The fraction of sp³-hybridized carbons (Fsp3) is 0.529. The van der Waals surface area contributed by atoms with Crippen LogP contribution >= 0.6 is 0 Å². The molecule has 2 atom stereocenters. The van der Waals surface area contributed by atoms with Gasteiger partial charge in [-0.05, 0) is 18.1 Å². The molecular formula is C17H22N2O4. The molecule has 23 heavy (non-hydrogen) atoms. The minimum absolute atomic E-state index is 0.0559. The zero-order valence-corrected chi connectivity index (χ0v) is 13.5. The fourth-order valence-electron chi connectivity index (χ4n) is 3.17. The van der Waals surface area contributed by atoms with Crippen molar-refractivity contribution in [2.24, 2.45) is 0 Å². The number of ether oxygens (including phenoxy) is 2. The van der Waals surface area contributed by atoms with Gasteiger partial charge in [0.15, 0.2) is 6.10 Å². The summed E-state index contributed by atoms with van der Waals surface area (Å²) in [6, 6.07) is 7.42. The molecule has 2 heterocycles. The van der Waals surface area contributed by atoms with E-state index in [-0.39, 0.29) is 18.4 Å². The van der Waals surface area contributed by atoms with Gasteiger partial charge in [0.2, 0.25) is 5.91 Å². The summed E-state index contributed by atoms with van der Waals surface area (Å²) >= 11 is 0. The van der Waals surface area contributed by atoms with Gasteiger partial charge in [0.05, 0.1) is 19.3 Å². The first kappa shape index (κ1) is 16.0. The van der Waals surface area contributed by atoms with E-state index >= 15 is 0 Å². The Morgan fingerprint density at radius 3 is 2.61 bits per heavy atom. The van der Waals surface area contributed by atoms with E-state index in [1.807, 2.05) is 31.2 Å². The van der Waals surface area contributed by atoms with Crippen molar-refractivity contribution in [1.29, 1.82) is 0 Å². The van der Waals surface area contributed by atoms with Crippen molar-refractivity contribution in [2.75, 3.05) is 40.0 Å². The Morgan fingerprint density at radius 2 is 1.91 bits per heavy atom. The van der Waals surface area contributed by atoms with Gasteiger partial charge in [0.25, 0.3) is 5.91 Å². The molecule has 0 aromatic heterocycles. The largest absolute Gasteiger partial charge is 0.378 e. The summed E-state index contributed by atoms with van der Waals surface area (Å²) in [6.07, 6.45) is -0.670. The number of amides is 2. The lowest BCUT2D eigenvalue weighted by Gasteiger charge is -2.41. The van der Waals surface area contributed by atoms with Crippen LogP contribution in [0.15, 0.2) is 24.3 Å². The quantitative estimate of drug-likeness (QED) is 0.807. The highest BCUT2D eigenvalue weighted by atomic mass is 16.5. The van der Waals surface area contributed by atoms with Crippen molar-refractivity contribution >= 4 is 11.8 Å². The minimum atomic E-state index is -0.670. The number of benzene rings is 1. The van der Waals surface area contributed by atoms with Crippen LogP contribution in [0.25, 0.3) is 0 Å². The molecule has 0 saturated carbocycles. The van der Waals surface area contributed by atoms with Gasteiger partial charge in [-0.25, -0.2) is 0 Å². The van der Waals surface area contributed by atoms with Crippen molar-refractivity contribution in [2.45, 2.75) is 19.1 Å². The van der Waals surface area contributed by atoms with E-state index in [0.717, 1.165) is 11.1 Å². The lowest BCUT2D eigenvalue weighted by Crippen LogP contribution is -2.55. The van der Waals surface area contributed by atoms with Crippen LogP contribution in [0.5, 0.6) is 0 Å². The summed E-state index contributed by atoms with van der Waals surface area (Å²) in [7, 11) is 1.74. The Kier molecular flexibility index (Phi) is 4.63. The molecule has 2 aliphatic heterocycles. The van der Waals surface area contributed by atoms with Crippen LogP contribution in [-0.2, 0) is 19.1 Å². The molecule has 0 aliphatic carbocycles. The number of hydrogen-bond donors (Lipinski definition) is 0. The number of hydrogen-bond acceptors (Lipinski definition) is 4. The van der Waals surface area contributed by atoms with Crippen LogP contribution in [-0.4, -0.2) is 67.7 Å². The molecule has 0 unspecified atom stereocenters. The highest BCUT2D eigenvalue weighted by Gasteiger charge is 2.42. The van der Waals surface area contributed by atoms with Gasteiger partial charge in [-0.3, -0.25) is 9.59 Å². The molecule has 2 aliphatic rings. The van der Waals surface area contributed by atoms with E-state index in [2.05, 4.69) is 0 Å². The van der Waals surface area contributed by atoms with Crippen LogP contribution in [0.4, 0.5) is 0 Å². The van der Waals surface area contributed by atoms with E-state index in [9.17, 15) is 9.59 Å². The predicted molar refractivity (Wildman–Crippen MR) is 83.8 cm³/mol. The molecule has 6 nitrogen and oxygen atoms in total. The second kappa shape index (κ2) is 6.68. The lowest BCUT2D eigenvalue weighted by atomic mass is 9.93. The molecule has 0 spiro atoms. The van der Waals surface area contributed by atoms with Gasteiger partial charge in [-0.15, -0.1) is 0 Å². The third kappa shape index (κ3) is 3.09. The SMILES string of the molecule is Cc1ccccc1[C@@H]1[C@@H](C(=O)N2CCOCC2)OCC(=O)N1C. The molecule has 3 rings (SSSR count). The highest BCUT2D eigenvalue weighted by Crippen LogP contribution is 2.32. The standard InChI is InChI=1S/C17H22N2O4/c1-12-5-3-4-6-13(12)15-16(23-11-14(20)18(15)2)17(21)19-7-9-22-10-8-19/h3-6,15-16H,7-11H2,1-2H3/t15-,16+/m1/s1. The summed E-state index contributed by atoms with van der Waals surface area (Å²) < 4.78 is 11.0. The Labute approximate surface area is 136 Å². The van der Waals surface area contributed by atoms with Crippen molar-refractivity contribution in [3.8, 4) is 0 Å². The Hall–Kier alpha value is -1.92. The van der Waals surface area contributed by atoms with Crippen molar-refractivity contribution in [3.63, 3.8) is 0 Å². The number of carbonyl (C=O) groups is 2. The van der Waals surface area contributed by atoms with Crippen molar-refractivity contribution < 1.29 is 19.1 Å². The Balaban J connectivity index is 1.91. The Bertz CT molecular complexity index is 598. The molecule has 2 fully saturated rings. The van der Waals surface area contributed by atoms with E-state index in [0.29, 0.717) is 26.3 Å². The third-order valence-electron chi connectivity index (χ3n) is 4.56. The monoisotopic (exact) mass is 318 g/mol. The highest BCUT2D eigenvalue weighted by molar-refractivity contribution is 5.86. The first-order valence-corrected chi connectivity index (χ1v) is 7.89. The second-order valence-electron chi connectivity index (χ2n) is 5.98. The fourth-order valence-corrected chi connectivity index (χ4v) is 3.17. The molecule has 124 valence electrons. The van der Waals surface area contributed by atoms with Gasteiger partial charge >= 0.3 is 0 Å². The smallest absolute Gasteiger partial charge is 0.254 e. The van der Waals surface area contributed by atoms with Gasteiger partial charge in [0, 0.05) is 20.1 Å². The summed E-state index contributed by atoms with van der Waals surface area (Å²) in [6.45, 7) is 4.15. The molecular weight excluding hydrogens is 296 g/mol. The van der Waals surface area contributed by atoms with Gasteiger partial charge < -0.3 is 19.3 Å². The minimum Gasteiger partial charge on any atom is -0.378 e. The first-order valence-electron chi connectivity index (χ1n) is 7.89. The van der Waals surface area contributed by atoms with Crippen LogP contribution in [0.2, 0.25) is 0 Å². The van der Waals surface area contributed by atoms with Crippen LogP contribution in [0.1, 0.15) is 17.2 Å². The zero-order chi connectivity index (χ0) is 16.4. The first-order chi connectivity index (χ1) is 11.1. The maximum atomic E-state index is 12.9. The normalized spacial score (nSPS) is 25.6. The predicted octanol–water partition coefficient (Wildman–Crippen LogP) is 0.752. The van der Waals surface area contributed by atoms with E-state index in [1.165, 1.54) is 0 Å². The molecule has 0 N–H and O–H groups in total. The molecule has 1 aromatic rings. The molecule has 2 saturated heterocycles. The Morgan fingerprint density at radius 1 is 1.22 bits per heavy atom. The van der Waals surface area contributed by atoms with Crippen LogP contribution in [0.3, 0.4) is 0 Å². The topological polar surface area (TPSA) is 59.1 Å². The number of nitrogens with zero attached hydrogens (tertiary/aromatic N) is 2. The van der Waals surface area contributed by atoms with E-state index in [1.54, 1.807) is 16.8 Å². The average molecular weight is 318 g/mol. The molecule has 0 radical (unpaired) electrons. The molecule has 1 aromatic carbocycles. The average Bonchev–Trinajstić information content (AvgIpc) is 2.58. The number of likely N-dealkylation sites (N-methyl/N-ethyl adjacent to an activating group) is 1. The maximum absolute atomic E-state index is 12.9. The summed E-state index contributed by atoms with van der Waals surface area (Å²) in [5.41, 5.74) is 2.00. The van der Waals surface area contributed by atoms with E-state index in [4.69, 9.17) is 9.47 Å². The third-order valence-corrected chi connectivity index (χ3v) is 4.56. The van der Waals surface area contributed by atoms with Gasteiger partial charge in [0.1, 0.15) is 6.61 Å². The van der Waals surface area contributed by atoms with Crippen LogP contribution < -0.4 is 0 Å². The van der Waals surface area contributed by atoms with E-state index < -0.39 is 12.1 Å². The molecule has 0 bridgehead atoms. The van der Waals surface area contributed by atoms with Gasteiger partial charge in [-0.1, -0.05) is 24.3 Å². The maximum Gasteiger partial charge on any atom is 0.254 e. The summed E-state index contributed by atoms with van der Waals surface area (Å²) in [5, 5.41) is 0. The summed E-state index contributed by atoms with van der Waals surface area (Å²) in [4.78, 5) is 28.4. The van der Waals surface area contributed by atoms with Gasteiger partial charge in [-0.2, -0.15) is 0 Å². The van der Waals surface area contributed by atoms with Crippen LogP contribution in [0, 0.1) is 6.92 Å². The molecule has 6 heteroatoms. The second-order valence-corrected chi connectivity index (χ2v) is 5.98. The molecule has 2 amide bonds. The van der Waals surface area contributed by atoms with Crippen molar-refractivity contribution in [1.82, 2.24) is 9.80 Å². The number of carbonyl (C=O) groups excluding carboxylic acids is 2.